The average molecular weight is 136 g/mol. The number of allylic oxidation sites excluding steroid dienone is 5. The van der Waals surface area contributed by atoms with Gasteiger partial charge in [-0.05, 0) is 11.8 Å². The monoisotopic (exact) mass is 136 g/mol. The molecule has 1 aliphatic rings. The summed E-state index contributed by atoms with van der Waals surface area (Å²) in [5.74, 6) is 0. The zero-order valence-electron chi connectivity index (χ0n) is 4.79. The van der Waals surface area contributed by atoms with Gasteiger partial charge in [0.25, 0.3) is 0 Å². The Kier molecular flexibility index (Phi) is 2.25. The Hall–Kier alpha value is -0.850. The van der Waals surface area contributed by atoms with Gasteiger partial charge >= 0.3 is 0 Å². The molecule has 9 heavy (non-hydrogen) atoms. The quantitative estimate of drug-likeness (QED) is 0.351. The van der Waals surface area contributed by atoms with E-state index >= 15 is 0 Å². The fourth-order valence-electron chi connectivity index (χ4n) is 0.514. The first-order valence-electron chi connectivity index (χ1n) is 2.56. The maximum Gasteiger partial charge on any atom is 0.177 e. The lowest BCUT2D eigenvalue weighted by Crippen LogP contribution is -1.73. The van der Waals surface area contributed by atoms with Crippen LogP contribution in [0.1, 0.15) is 0 Å². The molecule has 0 aromatic rings. The largest absolute Gasteiger partial charge is 0.301 e. The lowest BCUT2D eigenvalue weighted by Gasteiger charge is -1.84. The Bertz CT molecular complexity index is 189. The molecular formula is C7H6NS+. The summed E-state index contributed by atoms with van der Waals surface area (Å²) in [6, 6.07) is 0. The molecule has 1 aliphatic carbocycles. The molecule has 0 spiro atoms. The summed E-state index contributed by atoms with van der Waals surface area (Å²) in [4.78, 5) is 0.993. The van der Waals surface area contributed by atoms with Crippen molar-refractivity contribution in [1.82, 2.24) is 0 Å². The van der Waals surface area contributed by atoms with E-state index in [4.69, 9.17) is 5.41 Å². The first-order chi connectivity index (χ1) is 4.43. The first-order valence-corrected chi connectivity index (χ1v) is 3.44. The number of hydrogen-bond donors (Lipinski definition) is 1. The molecule has 0 unspecified atom stereocenters. The van der Waals surface area contributed by atoms with E-state index < -0.39 is 0 Å². The van der Waals surface area contributed by atoms with Crippen LogP contribution in [0.15, 0.2) is 29.2 Å². The van der Waals surface area contributed by atoms with Gasteiger partial charge < -0.3 is 5.41 Å². The summed E-state index contributed by atoms with van der Waals surface area (Å²) < 4.78 is 0. The van der Waals surface area contributed by atoms with Crippen molar-refractivity contribution in [3.8, 4) is 0 Å². The van der Waals surface area contributed by atoms with Crippen LogP contribution in [0.3, 0.4) is 0 Å². The van der Waals surface area contributed by atoms with Crippen LogP contribution in [0.5, 0.6) is 0 Å². The summed E-state index contributed by atoms with van der Waals surface area (Å²) in [5.41, 5.74) is 1.30. The number of hydrogen-bond acceptors (Lipinski definition) is 2. The molecule has 2 heteroatoms. The number of thioether (sulfide) groups is 1. The maximum absolute atomic E-state index is 6.76. The molecule has 0 heterocycles. The van der Waals surface area contributed by atoms with Gasteiger partial charge in [0.1, 0.15) is 6.08 Å². The van der Waals surface area contributed by atoms with E-state index in [1.165, 1.54) is 17.3 Å². The molecule has 1 rings (SSSR count). The maximum atomic E-state index is 6.76. The fraction of sp³-hybridized carbons (Fsp3) is 0. The molecule has 1 nitrogen and oxygen atoms in total. The van der Waals surface area contributed by atoms with E-state index in [-0.39, 0.29) is 0 Å². The predicted octanol–water partition coefficient (Wildman–Crippen LogP) is 2.14. The Morgan fingerprint density at radius 2 is 2.44 bits per heavy atom. The van der Waals surface area contributed by atoms with Gasteiger partial charge in [-0.1, -0.05) is 0 Å². The molecule has 0 aliphatic heterocycles. The molecular weight excluding hydrogens is 130 g/mol. The zero-order valence-corrected chi connectivity index (χ0v) is 5.61. The van der Waals surface area contributed by atoms with Gasteiger partial charge in [-0.2, -0.15) is 0 Å². The van der Waals surface area contributed by atoms with Crippen molar-refractivity contribution in [3.05, 3.63) is 35.3 Å². The highest BCUT2D eigenvalue weighted by Crippen LogP contribution is 2.14. The van der Waals surface area contributed by atoms with Crippen LogP contribution in [0.25, 0.3) is 0 Å². The van der Waals surface area contributed by atoms with E-state index in [0.717, 1.165) is 4.91 Å². The second-order valence-electron chi connectivity index (χ2n) is 1.46. The van der Waals surface area contributed by atoms with Crippen LogP contribution in [0, 0.1) is 11.5 Å². The average Bonchev–Trinajstić information content (AvgIpc) is 1.91. The molecule has 0 bridgehead atoms. The Balaban J connectivity index is 2.60. The molecule has 0 amide bonds. The van der Waals surface area contributed by atoms with Crippen LogP contribution in [-0.4, -0.2) is 5.55 Å². The van der Waals surface area contributed by atoms with E-state index in [9.17, 15) is 0 Å². The van der Waals surface area contributed by atoms with E-state index in [0.29, 0.717) is 0 Å². The molecule has 0 fully saturated rings. The zero-order chi connectivity index (χ0) is 6.53. The summed E-state index contributed by atoms with van der Waals surface area (Å²) in [7, 11) is 0. The minimum Gasteiger partial charge on any atom is -0.301 e. The van der Waals surface area contributed by atoms with Crippen LogP contribution in [0.4, 0.5) is 0 Å². The van der Waals surface area contributed by atoms with Crippen molar-refractivity contribution in [1.29, 1.82) is 5.41 Å². The van der Waals surface area contributed by atoms with Gasteiger partial charge in [0.15, 0.2) is 4.91 Å². The Morgan fingerprint density at radius 1 is 1.56 bits per heavy atom. The highest BCUT2D eigenvalue weighted by molar-refractivity contribution is 8.15. The van der Waals surface area contributed by atoms with Crippen molar-refractivity contribution < 1.29 is 0 Å². The van der Waals surface area contributed by atoms with Gasteiger partial charge in [0.2, 0.25) is 0 Å². The highest BCUT2D eigenvalue weighted by atomic mass is 32.2. The number of nitrogens with one attached hydrogen (secondary N) is 1. The van der Waals surface area contributed by atoms with Gasteiger partial charge in [-0.25, -0.2) is 0 Å². The fourth-order valence-corrected chi connectivity index (χ4v) is 0.934. The van der Waals surface area contributed by atoms with Gasteiger partial charge in [0, 0.05) is 6.08 Å². The van der Waals surface area contributed by atoms with E-state index in [1.54, 1.807) is 0 Å². The third-order valence-electron chi connectivity index (χ3n) is 0.866. The normalized spacial score (nSPS) is 14.4. The molecule has 0 aromatic heterocycles. The highest BCUT2D eigenvalue weighted by Gasteiger charge is 1.99. The number of rotatable bonds is 2. The molecule has 0 radical (unpaired) electrons. The van der Waals surface area contributed by atoms with E-state index in [2.05, 4.69) is 6.08 Å². The molecule has 1 N–H and O–H groups in total. The first kappa shape index (κ1) is 6.27. The van der Waals surface area contributed by atoms with Gasteiger partial charge in [-0.15, -0.1) is 0 Å². The third kappa shape index (κ3) is 1.84. The molecule has 44 valence electrons. The molecule has 0 saturated carbocycles. The lowest BCUT2D eigenvalue weighted by atomic mass is 10.3. The van der Waals surface area contributed by atoms with Crippen molar-refractivity contribution in [3.63, 3.8) is 0 Å². The van der Waals surface area contributed by atoms with Crippen LogP contribution >= 0.6 is 11.8 Å². The van der Waals surface area contributed by atoms with Crippen LogP contribution in [-0.2, 0) is 0 Å². The Morgan fingerprint density at radius 3 is 3.00 bits per heavy atom. The van der Waals surface area contributed by atoms with Crippen molar-refractivity contribution in [2.75, 3.05) is 0 Å². The third-order valence-corrected chi connectivity index (χ3v) is 1.49. The summed E-state index contributed by atoms with van der Waals surface area (Å²) in [6.07, 6.45) is 10.6. The minimum atomic E-state index is 0.993. The molecule has 0 aromatic carbocycles. The van der Waals surface area contributed by atoms with Crippen molar-refractivity contribution >= 4 is 17.3 Å². The van der Waals surface area contributed by atoms with Crippen molar-refractivity contribution in [2.24, 2.45) is 0 Å². The predicted molar refractivity (Wildman–Crippen MR) is 41.4 cm³/mol. The standard InChI is InChI=1S/C7H6NS/c8-6-9-7-4-2-1-3-5-7/h1-4,6,8H/q+1. The summed E-state index contributed by atoms with van der Waals surface area (Å²) in [6.45, 7) is 0. The topological polar surface area (TPSA) is 23.9 Å². The second-order valence-corrected chi connectivity index (χ2v) is 2.37. The molecule has 0 saturated heterocycles. The Labute approximate surface area is 58.7 Å². The van der Waals surface area contributed by atoms with E-state index in [1.807, 2.05) is 24.3 Å². The minimum absolute atomic E-state index is 0.993. The lowest BCUT2D eigenvalue weighted by molar-refractivity contribution is 1.60. The van der Waals surface area contributed by atoms with Crippen LogP contribution in [0.2, 0.25) is 0 Å². The molecule has 0 atom stereocenters. The summed E-state index contributed by atoms with van der Waals surface area (Å²) in [5, 5.41) is 6.76. The van der Waals surface area contributed by atoms with Gasteiger partial charge in [0.05, 0.1) is 23.8 Å². The van der Waals surface area contributed by atoms with Crippen LogP contribution < -0.4 is 0 Å². The van der Waals surface area contributed by atoms with Gasteiger partial charge in [-0.3, -0.25) is 0 Å². The van der Waals surface area contributed by atoms with Crippen molar-refractivity contribution in [2.45, 2.75) is 0 Å². The smallest absolute Gasteiger partial charge is 0.177 e. The SMILES string of the molecule is N=CSC1=CC=CC=[C+]1. The second kappa shape index (κ2) is 3.23. The summed E-state index contributed by atoms with van der Waals surface area (Å²) >= 11 is 1.36.